The van der Waals surface area contributed by atoms with E-state index in [1.165, 1.54) is 17.7 Å². The van der Waals surface area contributed by atoms with E-state index in [-0.39, 0.29) is 12.6 Å². The molecule has 3 amide bonds. The van der Waals surface area contributed by atoms with E-state index in [4.69, 9.17) is 16.3 Å². The van der Waals surface area contributed by atoms with Crippen LogP contribution in [0, 0.1) is 6.92 Å². The standard InChI is InChI=1S/C24H23ClF3N5O3S/c1-13-4-14(25)5-18(17(13)6-15-8-29-2-3-36-15)21-22-19(30-12-31-21)7-16(37-22)9-33-20(34)10-32(23(33)35)11-24(26,27)28/h4-5,7,12,15,29H,2-3,6,8-11H2,1H3. The van der Waals surface area contributed by atoms with Crippen LogP contribution in [-0.4, -0.2) is 76.8 Å². The smallest absolute Gasteiger partial charge is 0.375 e. The van der Waals surface area contributed by atoms with Gasteiger partial charge in [0, 0.05) is 35.0 Å². The quantitative estimate of drug-likeness (QED) is 0.461. The van der Waals surface area contributed by atoms with E-state index in [1.54, 1.807) is 6.07 Å². The minimum absolute atomic E-state index is 0.00423. The van der Waals surface area contributed by atoms with Gasteiger partial charge in [-0.15, -0.1) is 11.3 Å². The van der Waals surface area contributed by atoms with Gasteiger partial charge in [0.1, 0.15) is 19.4 Å². The number of halogens is 4. The molecule has 0 aliphatic carbocycles. The molecule has 8 nitrogen and oxygen atoms in total. The molecule has 0 radical (unpaired) electrons. The van der Waals surface area contributed by atoms with Gasteiger partial charge in [-0.1, -0.05) is 11.6 Å². The van der Waals surface area contributed by atoms with Crippen molar-refractivity contribution < 1.29 is 27.5 Å². The summed E-state index contributed by atoms with van der Waals surface area (Å²) in [6.07, 6.45) is -2.50. The zero-order chi connectivity index (χ0) is 26.3. The molecule has 2 aliphatic heterocycles. The normalized spacial score (nSPS) is 18.9. The molecule has 196 valence electrons. The second kappa shape index (κ2) is 10.2. The second-order valence-electron chi connectivity index (χ2n) is 9.03. The van der Waals surface area contributed by atoms with Gasteiger partial charge in [-0.3, -0.25) is 9.69 Å². The van der Waals surface area contributed by atoms with Crippen molar-refractivity contribution in [2.24, 2.45) is 0 Å². The summed E-state index contributed by atoms with van der Waals surface area (Å²) in [4.78, 5) is 35.7. The lowest BCUT2D eigenvalue weighted by Gasteiger charge is -2.25. The maximum Gasteiger partial charge on any atom is 0.406 e. The van der Waals surface area contributed by atoms with Crippen LogP contribution in [0.2, 0.25) is 5.02 Å². The summed E-state index contributed by atoms with van der Waals surface area (Å²) in [5, 5.41) is 3.89. The highest BCUT2D eigenvalue weighted by atomic mass is 35.5. The molecule has 1 unspecified atom stereocenters. The van der Waals surface area contributed by atoms with Gasteiger partial charge in [0.25, 0.3) is 5.91 Å². The van der Waals surface area contributed by atoms with Gasteiger partial charge in [-0.2, -0.15) is 13.2 Å². The van der Waals surface area contributed by atoms with Crippen LogP contribution in [0.4, 0.5) is 18.0 Å². The van der Waals surface area contributed by atoms with Crippen LogP contribution in [0.5, 0.6) is 0 Å². The monoisotopic (exact) mass is 553 g/mol. The van der Waals surface area contributed by atoms with Crippen LogP contribution < -0.4 is 5.32 Å². The van der Waals surface area contributed by atoms with Crippen LogP contribution in [-0.2, 0) is 22.5 Å². The summed E-state index contributed by atoms with van der Waals surface area (Å²) in [7, 11) is 0. The molecule has 5 rings (SSSR count). The number of alkyl halides is 3. The SMILES string of the molecule is Cc1cc(Cl)cc(-c2ncnc3cc(CN4C(=O)CN(CC(F)(F)F)C4=O)sc23)c1CC1CNCCO1. The third-order valence-corrected chi connectivity index (χ3v) is 7.64. The Morgan fingerprint density at radius 2 is 2.05 bits per heavy atom. The largest absolute Gasteiger partial charge is 0.406 e. The molecule has 2 saturated heterocycles. The molecule has 2 aliphatic rings. The zero-order valence-electron chi connectivity index (χ0n) is 19.8. The van der Waals surface area contributed by atoms with E-state index in [0.717, 1.165) is 39.4 Å². The van der Waals surface area contributed by atoms with E-state index >= 15 is 0 Å². The third kappa shape index (κ3) is 5.57. The fraction of sp³-hybridized carbons (Fsp3) is 0.417. The molecule has 0 spiro atoms. The van der Waals surface area contributed by atoms with E-state index in [0.29, 0.717) is 39.0 Å². The number of urea groups is 1. The number of hydrogen-bond donors (Lipinski definition) is 1. The van der Waals surface area contributed by atoms with E-state index < -0.39 is 31.2 Å². The number of nitrogens with zero attached hydrogens (tertiary/aromatic N) is 4. The van der Waals surface area contributed by atoms with Crippen molar-refractivity contribution in [2.75, 3.05) is 32.8 Å². The first-order valence-electron chi connectivity index (χ1n) is 11.6. The van der Waals surface area contributed by atoms with Crippen molar-refractivity contribution in [3.8, 4) is 11.3 Å². The zero-order valence-corrected chi connectivity index (χ0v) is 21.3. The maximum absolute atomic E-state index is 12.8. The number of carbonyl (C=O) groups excluding carboxylic acids is 2. The maximum atomic E-state index is 12.8. The van der Waals surface area contributed by atoms with E-state index in [1.807, 2.05) is 19.1 Å². The number of imide groups is 1. The van der Waals surface area contributed by atoms with Crippen LogP contribution in [0.25, 0.3) is 21.5 Å². The minimum atomic E-state index is -4.58. The molecular weight excluding hydrogens is 531 g/mol. The number of ether oxygens (including phenoxy) is 1. The molecule has 1 aromatic carbocycles. The lowest BCUT2D eigenvalue weighted by atomic mass is 9.94. The molecule has 2 fully saturated rings. The number of morpholine rings is 1. The van der Waals surface area contributed by atoms with E-state index in [2.05, 4.69) is 15.3 Å². The first kappa shape index (κ1) is 25.8. The Hall–Kier alpha value is -2.80. The van der Waals surface area contributed by atoms with Crippen molar-refractivity contribution in [2.45, 2.75) is 32.2 Å². The third-order valence-electron chi connectivity index (χ3n) is 6.30. The van der Waals surface area contributed by atoms with Crippen molar-refractivity contribution in [1.82, 2.24) is 25.1 Å². The van der Waals surface area contributed by atoms with Gasteiger partial charge >= 0.3 is 12.2 Å². The molecule has 1 atom stereocenters. The van der Waals surface area contributed by atoms with Gasteiger partial charge in [0.2, 0.25) is 0 Å². The van der Waals surface area contributed by atoms with Gasteiger partial charge in [-0.05, 0) is 36.2 Å². The molecule has 37 heavy (non-hydrogen) atoms. The van der Waals surface area contributed by atoms with Gasteiger partial charge in [0.15, 0.2) is 0 Å². The number of hydrogen-bond acceptors (Lipinski definition) is 7. The van der Waals surface area contributed by atoms with E-state index in [9.17, 15) is 22.8 Å². The molecular formula is C24H23ClF3N5O3S. The Morgan fingerprint density at radius 1 is 1.24 bits per heavy atom. The number of aromatic nitrogens is 2. The lowest BCUT2D eigenvalue weighted by Crippen LogP contribution is -2.39. The van der Waals surface area contributed by atoms with Crippen LogP contribution in [0.3, 0.4) is 0 Å². The van der Waals surface area contributed by atoms with Crippen LogP contribution in [0.1, 0.15) is 16.0 Å². The summed E-state index contributed by atoms with van der Waals surface area (Å²) in [5.74, 6) is -0.674. The van der Waals surface area contributed by atoms with Gasteiger partial charge < -0.3 is 15.0 Å². The Bertz CT molecular complexity index is 1360. The second-order valence-corrected chi connectivity index (χ2v) is 10.6. The minimum Gasteiger partial charge on any atom is -0.375 e. The lowest BCUT2D eigenvalue weighted by molar-refractivity contribution is -0.139. The number of rotatable bonds is 6. The molecule has 13 heteroatoms. The highest BCUT2D eigenvalue weighted by Crippen LogP contribution is 2.37. The number of fused-ring (bicyclic) bond motifs is 1. The van der Waals surface area contributed by atoms with Crippen LogP contribution >= 0.6 is 22.9 Å². The molecule has 4 heterocycles. The first-order chi connectivity index (χ1) is 17.6. The molecule has 0 saturated carbocycles. The molecule has 3 aromatic rings. The topological polar surface area (TPSA) is 87.7 Å². The number of carbonyl (C=O) groups is 2. The summed E-state index contributed by atoms with van der Waals surface area (Å²) in [5.41, 5.74) is 4.14. The molecule has 1 N–H and O–H groups in total. The van der Waals surface area contributed by atoms with Gasteiger partial charge in [-0.25, -0.2) is 14.8 Å². The first-order valence-corrected chi connectivity index (χ1v) is 12.8. The Kier molecular flexibility index (Phi) is 7.10. The predicted octanol–water partition coefficient (Wildman–Crippen LogP) is 4.18. The Labute approximate surface area is 219 Å². The average molecular weight is 554 g/mol. The Balaban J connectivity index is 1.47. The number of aryl methyl sites for hydroxylation is 1. The Morgan fingerprint density at radius 3 is 2.78 bits per heavy atom. The summed E-state index contributed by atoms with van der Waals surface area (Å²) in [6.45, 7) is 1.94. The number of thiophene rings is 1. The molecule has 0 bridgehead atoms. The highest BCUT2D eigenvalue weighted by molar-refractivity contribution is 7.19. The summed E-state index contributed by atoms with van der Waals surface area (Å²) < 4.78 is 45.0. The van der Waals surface area contributed by atoms with Crippen molar-refractivity contribution in [3.63, 3.8) is 0 Å². The van der Waals surface area contributed by atoms with Crippen molar-refractivity contribution >= 4 is 45.1 Å². The number of benzene rings is 1. The number of amides is 3. The average Bonchev–Trinajstić information content (AvgIpc) is 3.36. The van der Waals surface area contributed by atoms with Crippen molar-refractivity contribution in [1.29, 1.82) is 0 Å². The molecule has 2 aromatic heterocycles. The predicted molar refractivity (Wildman–Crippen MR) is 132 cm³/mol. The van der Waals surface area contributed by atoms with Gasteiger partial charge in [0.05, 0.1) is 35.2 Å². The van der Waals surface area contributed by atoms with Crippen LogP contribution in [0.15, 0.2) is 24.5 Å². The fourth-order valence-electron chi connectivity index (χ4n) is 4.65. The fourth-order valence-corrected chi connectivity index (χ4v) is 6.03. The highest BCUT2D eigenvalue weighted by Gasteiger charge is 2.42. The summed E-state index contributed by atoms with van der Waals surface area (Å²) >= 11 is 7.72. The summed E-state index contributed by atoms with van der Waals surface area (Å²) in [6, 6.07) is 4.51. The number of nitrogens with one attached hydrogen (secondary N) is 1. The van der Waals surface area contributed by atoms with Crippen molar-refractivity contribution in [3.05, 3.63) is 45.6 Å².